The Kier molecular flexibility index (Phi) is 11.1. The second kappa shape index (κ2) is 13.7. The van der Waals surface area contributed by atoms with Crippen molar-refractivity contribution in [1.29, 1.82) is 0 Å². The summed E-state index contributed by atoms with van der Waals surface area (Å²) in [5, 5.41) is 11.3. The smallest absolute Gasteiger partial charge is 0.258 e. The number of ether oxygens (including phenoxy) is 4. The molecule has 2 aromatic rings. The Morgan fingerprint density at radius 3 is 2.06 bits per heavy atom. The molecule has 11 heteroatoms. The van der Waals surface area contributed by atoms with Gasteiger partial charge in [-0.15, -0.1) is 0 Å². The molecule has 2 rings (SSSR count). The summed E-state index contributed by atoms with van der Waals surface area (Å²) in [6.07, 6.45) is 0. The van der Waals surface area contributed by atoms with Crippen LogP contribution in [0.1, 0.15) is 34.6 Å². The number of nitrogens with one attached hydrogen (secondary N) is 1. The summed E-state index contributed by atoms with van der Waals surface area (Å²) >= 11 is 12.5. The van der Waals surface area contributed by atoms with E-state index in [9.17, 15) is 9.59 Å². The standard InChI is InChI=1S/C24H29Cl2N3O6/c1-6-32-19-13-20(33-7-2)17(12-16(19)26)28-29-22(14(5)30)24(31)27-18-10-15(25)11-21(34-8-3)23(18)35-9-4/h10-13,22H,6-9H2,1-5H3,(H,27,31). The molecule has 0 saturated heterocycles. The number of rotatable bonds is 13. The van der Waals surface area contributed by atoms with Gasteiger partial charge in [0.15, 0.2) is 23.0 Å². The van der Waals surface area contributed by atoms with Crippen LogP contribution in [0.15, 0.2) is 34.5 Å². The number of anilines is 1. The SMILES string of the molecule is CCOc1cc(OCC)c(N=NC(C(C)=O)C(=O)Nc2cc(Cl)cc(OCC)c2OCC)cc1Cl. The van der Waals surface area contributed by atoms with E-state index in [2.05, 4.69) is 15.5 Å². The fourth-order valence-electron chi connectivity index (χ4n) is 3.00. The predicted octanol–water partition coefficient (Wildman–Crippen LogP) is 6.27. The number of carbonyl (C=O) groups excluding carboxylic acids is 2. The quantitative estimate of drug-likeness (QED) is 0.244. The van der Waals surface area contributed by atoms with Crippen molar-refractivity contribution in [2.75, 3.05) is 31.7 Å². The third-order valence-corrected chi connectivity index (χ3v) is 4.91. The van der Waals surface area contributed by atoms with Crippen molar-refractivity contribution in [3.05, 3.63) is 34.3 Å². The third kappa shape index (κ3) is 7.73. The van der Waals surface area contributed by atoms with Gasteiger partial charge >= 0.3 is 0 Å². The van der Waals surface area contributed by atoms with Crippen molar-refractivity contribution in [3.63, 3.8) is 0 Å². The number of carbonyl (C=O) groups is 2. The van der Waals surface area contributed by atoms with Gasteiger partial charge < -0.3 is 24.3 Å². The lowest BCUT2D eigenvalue weighted by Gasteiger charge is -2.17. The molecule has 0 fully saturated rings. The molecule has 0 bridgehead atoms. The number of hydrogen-bond donors (Lipinski definition) is 1. The molecule has 0 heterocycles. The van der Waals surface area contributed by atoms with E-state index in [0.717, 1.165) is 0 Å². The van der Waals surface area contributed by atoms with E-state index >= 15 is 0 Å². The highest BCUT2D eigenvalue weighted by molar-refractivity contribution is 6.32. The number of azo groups is 1. The van der Waals surface area contributed by atoms with Crippen LogP contribution in [0.5, 0.6) is 23.0 Å². The largest absolute Gasteiger partial charge is 0.492 e. The molecule has 0 aromatic heterocycles. The Bertz CT molecular complexity index is 1080. The molecular formula is C24H29Cl2N3O6. The summed E-state index contributed by atoms with van der Waals surface area (Å²) in [5.74, 6) is 0.188. The summed E-state index contributed by atoms with van der Waals surface area (Å²) in [4.78, 5) is 25.3. The highest BCUT2D eigenvalue weighted by Crippen LogP contribution is 2.40. The van der Waals surface area contributed by atoms with Gasteiger partial charge in [0.25, 0.3) is 5.91 Å². The number of ketones is 1. The molecule has 1 N–H and O–H groups in total. The van der Waals surface area contributed by atoms with Crippen molar-refractivity contribution in [2.24, 2.45) is 10.2 Å². The van der Waals surface area contributed by atoms with Crippen LogP contribution in [0.3, 0.4) is 0 Å². The number of hydrogen-bond acceptors (Lipinski definition) is 8. The van der Waals surface area contributed by atoms with Crippen LogP contribution in [-0.2, 0) is 9.59 Å². The Labute approximate surface area is 214 Å². The molecule has 2 aromatic carbocycles. The monoisotopic (exact) mass is 525 g/mol. The average molecular weight is 526 g/mol. The summed E-state index contributed by atoms with van der Waals surface area (Å²) in [6, 6.07) is 4.72. The van der Waals surface area contributed by atoms with Gasteiger partial charge in [-0.25, -0.2) is 0 Å². The molecule has 0 aliphatic rings. The molecule has 0 radical (unpaired) electrons. The first-order valence-corrected chi connectivity index (χ1v) is 11.9. The Morgan fingerprint density at radius 2 is 1.46 bits per heavy atom. The minimum Gasteiger partial charge on any atom is -0.492 e. The summed E-state index contributed by atoms with van der Waals surface area (Å²) < 4.78 is 22.3. The highest BCUT2D eigenvalue weighted by Gasteiger charge is 2.26. The van der Waals surface area contributed by atoms with Gasteiger partial charge in [0.05, 0.1) is 37.1 Å². The Morgan fingerprint density at radius 1 is 0.857 bits per heavy atom. The van der Waals surface area contributed by atoms with E-state index in [4.69, 9.17) is 42.1 Å². The van der Waals surface area contributed by atoms with Crippen LogP contribution in [0.4, 0.5) is 11.4 Å². The lowest BCUT2D eigenvalue weighted by molar-refractivity contribution is -0.126. The lowest BCUT2D eigenvalue weighted by Crippen LogP contribution is -2.32. The molecule has 0 saturated carbocycles. The summed E-state index contributed by atoms with van der Waals surface area (Å²) in [6.45, 7) is 9.92. The molecule has 0 aliphatic carbocycles. The van der Waals surface area contributed by atoms with E-state index in [1.54, 1.807) is 26.0 Å². The van der Waals surface area contributed by atoms with Gasteiger partial charge in [0.2, 0.25) is 6.04 Å². The van der Waals surface area contributed by atoms with E-state index in [1.807, 2.05) is 13.8 Å². The Balaban J connectivity index is 2.39. The van der Waals surface area contributed by atoms with Crippen LogP contribution < -0.4 is 24.3 Å². The van der Waals surface area contributed by atoms with Gasteiger partial charge in [-0.2, -0.15) is 10.2 Å². The predicted molar refractivity (Wildman–Crippen MR) is 135 cm³/mol. The zero-order valence-corrected chi connectivity index (χ0v) is 21.8. The van der Waals surface area contributed by atoms with Crippen molar-refractivity contribution in [2.45, 2.75) is 40.7 Å². The molecule has 0 aliphatic heterocycles. The summed E-state index contributed by atoms with van der Waals surface area (Å²) in [5.41, 5.74) is 0.490. The van der Waals surface area contributed by atoms with Gasteiger partial charge in [-0.05, 0) is 46.8 Å². The zero-order chi connectivity index (χ0) is 26.0. The van der Waals surface area contributed by atoms with Crippen molar-refractivity contribution >= 4 is 46.3 Å². The normalized spacial score (nSPS) is 11.7. The number of amides is 1. The van der Waals surface area contributed by atoms with E-state index in [1.165, 1.54) is 19.1 Å². The first-order valence-electron chi connectivity index (χ1n) is 11.2. The topological polar surface area (TPSA) is 108 Å². The van der Waals surface area contributed by atoms with E-state index in [-0.39, 0.29) is 16.4 Å². The number of benzene rings is 2. The van der Waals surface area contributed by atoms with Crippen molar-refractivity contribution < 1.29 is 28.5 Å². The zero-order valence-electron chi connectivity index (χ0n) is 20.3. The molecule has 1 atom stereocenters. The van der Waals surface area contributed by atoms with Crippen LogP contribution in [0.2, 0.25) is 10.0 Å². The molecular weight excluding hydrogens is 497 g/mol. The fourth-order valence-corrected chi connectivity index (χ4v) is 3.42. The van der Waals surface area contributed by atoms with E-state index in [0.29, 0.717) is 54.4 Å². The van der Waals surface area contributed by atoms with Crippen molar-refractivity contribution in [3.8, 4) is 23.0 Å². The van der Waals surface area contributed by atoms with Gasteiger partial charge in [0, 0.05) is 17.2 Å². The van der Waals surface area contributed by atoms with Crippen LogP contribution in [0, 0.1) is 0 Å². The number of halogens is 2. The molecule has 0 spiro atoms. The lowest BCUT2D eigenvalue weighted by atomic mass is 10.2. The molecule has 1 amide bonds. The van der Waals surface area contributed by atoms with Crippen LogP contribution in [0.25, 0.3) is 0 Å². The maximum Gasteiger partial charge on any atom is 0.258 e. The molecule has 190 valence electrons. The highest BCUT2D eigenvalue weighted by atomic mass is 35.5. The second-order valence-electron chi connectivity index (χ2n) is 6.98. The summed E-state index contributed by atoms with van der Waals surface area (Å²) in [7, 11) is 0. The maximum atomic E-state index is 13.0. The van der Waals surface area contributed by atoms with Crippen LogP contribution >= 0.6 is 23.2 Å². The molecule has 1 unspecified atom stereocenters. The van der Waals surface area contributed by atoms with Crippen molar-refractivity contribution in [1.82, 2.24) is 0 Å². The molecule has 35 heavy (non-hydrogen) atoms. The van der Waals surface area contributed by atoms with E-state index < -0.39 is 17.7 Å². The van der Waals surface area contributed by atoms with Crippen LogP contribution in [-0.4, -0.2) is 44.2 Å². The molecule has 9 nitrogen and oxygen atoms in total. The second-order valence-corrected chi connectivity index (χ2v) is 7.82. The first-order chi connectivity index (χ1) is 16.7. The Hall–Kier alpha value is -3.04. The fraction of sp³-hybridized carbons (Fsp3) is 0.417. The van der Waals surface area contributed by atoms with Gasteiger partial charge in [-0.1, -0.05) is 23.2 Å². The third-order valence-electron chi connectivity index (χ3n) is 4.39. The maximum absolute atomic E-state index is 13.0. The van der Waals surface area contributed by atoms with Gasteiger partial charge in [0.1, 0.15) is 11.4 Å². The average Bonchev–Trinajstić information content (AvgIpc) is 2.79. The first kappa shape index (κ1) is 28.2. The van der Waals surface area contributed by atoms with Gasteiger partial charge in [-0.3, -0.25) is 9.59 Å². The minimum atomic E-state index is -1.45. The number of Topliss-reactive ketones (excluding diaryl/α,β-unsaturated/α-hetero) is 1. The minimum absolute atomic E-state index is 0.244. The number of nitrogens with zero attached hydrogens (tertiary/aromatic N) is 2.